The standard InChI is InChI=1S/C12H16N6O/c1-8-9(6-13-14-8)12(19)17(2)7-11-16-15-10-4-3-5-18(10)11/h6H,3-5,7H2,1-2H3,(H,13,14). The van der Waals surface area contributed by atoms with Gasteiger partial charge in [0.1, 0.15) is 5.82 Å². The fourth-order valence-electron chi connectivity index (χ4n) is 2.38. The zero-order valence-electron chi connectivity index (χ0n) is 11.1. The number of aromatic nitrogens is 5. The number of hydrogen-bond acceptors (Lipinski definition) is 4. The lowest BCUT2D eigenvalue weighted by Gasteiger charge is -2.16. The molecule has 1 N–H and O–H groups in total. The van der Waals surface area contributed by atoms with Gasteiger partial charge in [0.25, 0.3) is 5.91 Å². The summed E-state index contributed by atoms with van der Waals surface area (Å²) in [6, 6.07) is 0. The fraction of sp³-hybridized carbons (Fsp3) is 0.500. The van der Waals surface area contributed by atoms with Crippen molar-refractivity contribution in [1.82, 2.24) is 29.9 Å². The molecule has 0 unspecified atom stereocenters. The topological polar surface area (TPSA) is 79.7 Å². The van der Waals surface area contributed by atoms with Crippen LogP contribution >= 0.6 is 0 Å². The maximum Gasteiger partial charge on any atom is 0.257 e. The van der Waals surface area contributed by atoms with Gasteiger partial charge in [-0.1, -0.05) is 0 Å². The fourth-order valence-corrected chi connectivity index (χ4v) is 2.38. The van der Waals surface area contributed by atoms with E-state index in [1.807, 2.05) is 6.92 Å². The normalized spacial score (nSPS) is 13.6. The smallest absolute Gasteiger partial charge is 0.257 e. The highest BCUT2D eigenvalue weighted by Crippen LogP contribution is 2.16. The van der Waals surface area contributed by atoms with Gasteiger partial charge in [-0.3, -0.25) is 9.89 Å². The van der Waals surface area contributed by atoms with Crippen LogP contribution in [0.2, 0.25) is 0 Å². The van der Waals surface area contributed by atoms with E-state index in [4.69, 9.17) is 0 Å². The summed E-state index contributed by atoms with van der Waals surface area (Å²) < 4.78 is 2.10. The molecule has 1 amide bonds. The SMILES string of the molecule is Cc1[nH]ncc1C(=O)N(C)Cc1nnc2n1CCC2. The van der Waals surface area contributed by atoms with E-state index in [9.17, 15) is 4.79 Å². The Labute approximate surface area is 110 Å². The lowest BCUT2D eigenvalue weighted by atomic mass is 10.2. The Bertz CT molecular complexity index is 614. The van der Waals surface area contributed by atoms with Gasteiger partial charge in [-0.05, 0) is 13.3 Å². The van der Waals surface area contributed by atoms with Crippen molar-refractivity contribution in [2.75, 3.05) is 7.05 Å². The molecule has 7 heteroatoms. The van der Waals surface area contributed by atoms with E-state index in [0.717, 1.165) is 36.7 Å². The lowest BCUT2D eigenvalue weighted by molar-refractivity contribution is 0.0779. The molecule has 7 nitrogen and oxygen atoms in total. The summed E-state index contributed by atoms with van der Waals surface area (Å²) in [5.74, 6) is 1.82. The van der Waals surface area contributed by atoms with E-state index < -0.39 is 0 Å². The first-order valence-electron chi connectivity index (χ1n) is 6.33. The minimum atomic E-state index is -0.0541. The monoisotopic (exact) mass is 260 g/mol. The van der Waals surface area contributed by atoms with Crippen molar-refractivity contribution in [2.45, 2.75) is 32.9 Å². The predicted molar refractivity (Wildman–Crippen MR) is 67.5 cm³/mol. The summed E-state index contributed by atoms with van der Waals surface area (Å²) in [7, 11) is 1.77. The summed E-state index contributed by atoms with van der Waals surface area (Å²) in [4.78, 5) is 13.9. The quantitative estimate of drug-likeness (QED) is 0.873. The molecule has 100 valence electrons. The molecular weight excluding hydrogens is 244 g/mol. The van der Waals surface area contributed by atoms with E-state index in [2.05, 4.69) is 25.0 Å². The first-order valence-corrected chi connectivity index (χ1v) is 6.33. The van der Waals surface area contributed by atoms with Crippen LogP contribution in [-0.4, -0.2) is 42.8 Å². The second kappa shape index (κ2) is 4.49. The minimum absolute atomic E-state index is 0.0541. The Morgan fingerprint density at radius 1 is 1.53 bits per heavy atom. The van der Waals surface area contributed by atoms with Crippen molar-refractivity contribution in [3.05, 3.63) is 29.1 Å². The van der Waals surface area contributed by atoms with Crippen molar-refractivity contribution in [1.29, 1.82) is 0 Å². The Morgan fingerprint density at radius 3 is 3.11 bits per heavy atom. The number of H-pyrrole nitrogens is 1. The third-order valence-electron chi connectivity index (χ3n) is 3.47. The molecule has 3 rings (SSSR count). The predicted octanol–water partition coefficient (Wildman–Crippen LogP) is 0.528. The molecule has 2 aromatic rings. The summed E-state index contributed by atoms with van der Waals surface area (Å²) in [5, 5.41) is 15.0. The van der Waals surface area contributed by atoms with Gasteiger partial charge in [0.05, 0.1) is 18.3 Å². The number of nitrogens with zero attached hydrogens (tertiary/aromatic N) is 5. The summed E-state index contributed by atoms with van der Waals surface area (Å²) >= 11 is 0. The molecule has 0 atom stereocenters. The van der Waals surface area contributed by atoms with Crippen molar-refractivity contribution in [3.8, 4) is 0 Å². The van der Waals surface area contributed by atoms with E-state index >= 15 is 0 Å². The third kappa shape index (κ3) is 2.00. The Balaban J connectivity index is 1.76. The molecule has 0 aliphatic carbocycles. The highest BCUT2D eigenvalue weighted by atomic mass is 16.2. The van der Waals surface area contributed by atoms with E-state index in [1.54, 1.807) is 18.1 Å². The van der Waals surface area contributed by atoms with Gasteiger partial charge in [0.2, 0.25) is 0 Å². The van der Waals surface area contributed by atoms with Crippen LogP contribution < -0.4 is 0 Å². The molecule has 1 aliphatic rings. The average Bonchev–Trinajstić information content (AvgIpc) is 3.06. The number of nitrogens with one attached hydrogen (secondary N) is 1. The van der Waals surface area contributed by atoms with Crippen molar-refractivity contribution in [3.63, 3.8) is 0 Å². The Hall–Kier alpha value is -2.18. The molecule has 0 aromatic carbocycles. The Morgan fingerprint density at radius 2 is 2.37 bits per heavy atom. The van der Waals surface area contributed by atoms with Crippen LogP contribution in [0.5, 0.6) is 0 Å². The van der Waals surface area contributed by atoms with Gasteiger partial charge < -0.3 is 9.47 Å². The van der Waals surface area contributed by atoms with Crippen LogP contribution in [0.15, 0.2) is 6.20 Å². The van der Waals surface area contributed by atoms with Crippen LogP contribution in [0.4, 0.5) is 0 Å². The first kappa shape index (κ1) is 11.9. The van der Waals surface area contributed by atoms with Gasteiger partial charge in [0, 0.05) is 25.7 Å². The van der Waals surface area contributed by atoms with Gasteiger partial charge in [-0.25, -0.2) is 0 Å². The van der Waals surface area contributed by atoms with Gasteiger partial charge in [-0.15, -0.1) is 10.2 Å². The summed E-state index contributed by atoms with van der Waals surface area (Å²) in [5.41, 5.74) is 1.38. The van der Waals surface area contributed by atoms with Gasteiger partial charge in [0.15, 0.2) is 5.82 Å². The number of carbonyl (C=O) groups is 1. The van der Waals surface area contributed by atoms with Crippen LogP contribution in [0.3, 0.4) is 0 Å². The average molecular weight is 260 g/mol. The zero-order chi connectivity index (χ0) is 13.4. The minimum Gasteiger partial charge on any atom is -0.334 e. The van der Waals surface area contributed by atoms with E-state index in [1.165, 1.54) is 0 Å². The molecule has 3 heterocycles. The number of carbonyl (C=O) groups excluding carboxylic acids is 1. The van der Waals surface area contributed by atoms with Gasteiger partial charge in [-0.2, -0.15) is 5.10 Å². The number of hydrogen-bond donors (Lipinski definition) is 1. The molecule has 2 aromatic heterocycles. The summed E-state index contributed by atoms with van der Waals surface area (Å²) in [6.07, 6.45) is 3.64. The molecule has 0 spiro atoms. The molecule has 0 radical (unpaired) electrons. The van der Waals surface area contributed by atoms with Crippen molar-refractivity contribution >= 4 is 5.91 Å². The van der Waals surface area contributed by atoms with E-state index in [0.29, 0.717) is 12.1 Å². The molecule has 0 bridgehead atoms. The number of amides is 1. The van der Waals surface area contributed by atoms with Crippen molar-refractivity contribution < 1.29 is 4.79 Å². The molecule has 0 saturated heterocycles. The number of fused-ring (bicyclic) bond motifs is 1. The number of rotatable bonds is 3. The molecule has 0 saturated carbocycles. The maximum absolute atomic E-state index is 12.3. The van der Waals surface area contributed by atoms with Crippen LogP contribution in [-0.2, 0) is 19.5 Å². The molecule has 19 heavy (non-hydrogen) atoms. The number of aromatic amines is 1. The molecule has 1 aliphatic heterocycles. The van der Waals surface area contributed by atoms with Crippen molar-refractivity contribution in [2.24, 2.45) is 0 Å². The highest BCUT2D eigenvalue weighted by Gasteiger charge is 2.21. The first-order chi connectivity index (χ1) is 9.16. The molecule has 0 fully saturated rings. The second-order valence-electron chi connectivity index (χ2n) is 4.86. The van der Waals surface area contributed by atoms with E-state index in [-0.39, 0.29) is 5.91 Å². The van der Waals surface area contributed by atoms with Crippen LogP contribution in [0, 0.1) is 6.92 Å². The Kier molecular flexibility index (Phi) is 2.81. The maximum atomic E-state index is 12.3. The lowest BCUT2D eigenvalue weighted by Crippen LogP contribution is -2.28. The number of aryl methyl sites for hydroxylation is 2. The van der Waals surface area contributed by atoms with Crippen LogP contribution in [0.25, 0.3) is 0 Å². The molecular formula is C12H16N6O. The van der Waals surface area contributed by atoms with Crippen LogP contribution in [0.1, 0.15) is 34.1 Å². The second-order valence-corrected chi connectivity index (χ2v) is 4.86. The summed E-state index contributed by atoms with van der Waals surface area (Å²) in [6.45, 7) is 3.25. The highest BCUT2D eigenvalue weighted by molar-refractivity contribution is 5.94. The van der Waals surface area contributed by atoms with Gasteiger partial charge >= 0.3 is 0 Å². The third-order valence-corrected chi connectivity index (χ3v) is 3.47. The zero-order valence-corrected chi connectivity index (χ0v) is 11.1. The largest absolute Gasteiger partial charge is 0.334 e.